The Balaban J connectivity index is 1.66. The summed E-state index contributed by atoms with van der Waals surface area (Å²) in [5.74, 6) is 2.01. The van der Waals surface area contributed by atoms with Crippen molar-refractivity contribution in [3.63, 3.8) is 0 Å². The molecule has 0 amide bonds. The molecule has 5 heteroatoms. The molecule has 0 aliphatic heterocycles. The summed E-state index contributed by atoms with van der Waals surface area (Å²) in [6.45, 7) is 9.90. The van der Waals surface area contributed by atoms with Gasteiger partial charge in [0, 0.05) is 13.0 Å². The highest BCUT2D eigenvalue weighted by Crippen LogP contribution is 2.32. The van der Waals surface area contributed by atoms with Crippen LogP contribution in [-0.2, 0) is 20.6 Å². The van der Waals surface area contributed by atoms with Crippen molar-refractivity contribution < 1.29 is 18.9 Å². The number of hydrogen-bond acceptors (Lipinski definition) is 5. The predicted molar refractivity (Wildman–Crippen MR) is 113 cm³/mol. The van der Waals surface area contributed by atoms with Gasteiger partial charge in [0.25, 0.3) is 0 Å². The van der Waals surface area contributed by atoms with Gasteiger partial charge in [-0.05, 0) is 69.7 Å². The normalized spacial score (nSPS) is 13.9. The molecule has 28 heavy (non-hydrogen) atoms. The maximum atomic E-state index is 6.15. The van der Waals surface area contributed by atoms with Crippen LogP contribution in [0.15, 0.2) is 35.6 Å². The van der Waals surface area contributed by atoms with Gasteiger partial charge in [-0.1, -0.05) is 12.1 Å². The van der Waals surface area contributed by atoms with E-state index in [1.54, 1.807) is 0 Å². The molecule has 2 N–H and O–H groups in total. The highest BCUT2D eigenvalue weighted by atomic mass is 16.5. The van der Waals surface area contributed by atoms with Crippen LogP contribution in [0.4, 0.5) is 0 Å². The van der Waals surface area contributed by atoms with Crippen LogP contribution in [0.3, 0.4) is 0 Å². The smallest absolute Gasteiger partial charge is 0.119 e. The molecular weight excluding hydrogens is 354 g/mol. The number of ether oxygens (including phenoxy) is 4. The van der Waals surface area contributed by atoms with Gasteiger partial charge in [0.05, 0.1) is 32.2 Å². The molecule has 2 rings (SSSR count). The van der Waals surface area contributed by atoms with Gasteiger partial charge < -0.3 is 24.7 Å². The third-order valence-corrected chi connectivity index (χ3v) is 4.45. The Kier molecular flexibility index (Phi) is 9.82. The lowest BCUT2D eigenvalue weighted by Gasteiger charge is -2.29. The first-order valence-electron chi connectivity index (χ1n) is 10.4. The van der Waals surface area contributed by atoms with Crippen LogP contribution in [-0.4, -0.2) is 45.2 Å². The van der Waals surface area contributed by atoms with Crippen molar-refractivity contribution >= 4 is 0 Å². The average Bonchev–Trinajstić information content (AvgIpc) is 2.59. The maximum Gasteiger partial charge on any atom is 0.119 e. The van der Waals surface area contributed by atoms with Crippen molar-refractivity contribution in [2.24, 2.45) is 5.73 Å². The first kappa shape index (κ1) is 22.7. The molecule has 0 aromatic heterocycles. The fourth-order valence-electron chi connectivity index (χ4n) is 2.95. The van der Waals surface area contributed by atoms with E-state index in [2.05, 4.69) is 32.9 Å². The summed E-state index contributed by atoms with van der Waals surface area (Å²) in [5.41, 5.74) is 7.93. The van der Waals surface area contributed by atoms with Gasteiger partial charge in [0.1, 0.15) is 18.0 Å². The molecule has 0 unspecified atom stereocenters. The van der Waals surface area contributed by atoms with Crippen LogP contribution < -0.4 is 10.5 Å². The van der Waals surface area contributed by atoms with E-state index < -0.39 is 0 Å². The molecule has 1 aliphatic carbocycles. The largest absolute Gasteiger partial charge is 0.492 e. The van der Waals surface area contributed by atoms with Crippen molar-refractivity contribution in [2.45, 2.75) is 58.5 Å². The molecule has 0 atom stereocenters. The highest BCUT2D eigenvalue weighted by molar-refractivity contribution is 5.28. The molecule has 1 fully saturated rings. The third-order valence-electron chi connectivity index (χ3n) is 4.45. The van der Waals surface area contributed by atoms with Gasteiger partial charge >= 0.3 is 0 Å². The van der Waals surface area contributed by atoms with Gasteiger partial charge in [0.2, 0.25) is 0 Å². The van der Waals surface area contributed by atoms with Crippen LogP contribution in [0.1, 0.15) is 52.0 Å². The van der Waals surface area contributed by atoms with Crippen molar-refractivity contribution in [3.8, 4) is 5.75 Å². The molecular formula is C23H37NO4. The molecule has 158 valence electrons. The van der Waals surface area contributed by atoms with Crippen molar-refractivity contribution in [2.75, 3.05) is 39.6 Å². The number of hydrogen-bond donors (Lipinski definition) is 1. The quantitative estimate of drug-likeness (QED) is 0.402. The van der Waals surface area contributed by atoms with E-state index in [1.807, 2.05) is 12.1 Å². The Hall–Kier alpha value is -1.56. The molecule has 0 saturated heterocycles. The molecule has 0 radical (unpaired) electrons. The zero-order valence-electron chi connectivity index (χ0n) is 17.8. The van der Waals surface area contributed by atoms with Crippen LogP contribution in [0.5, 0.6) is 5.75 Å². The molecule has 0 heterocycles. The highest BCUT2D eigenvalue weighted by Gasteiger charge is 2.20. The minimum absolute atomic E-state index is 0.145. The van der Waals surface area contributed by atoms with Gasteiger partial charge in [-0.15, -0.1) is 0 Å². The maximum absolute atomic E-state index is 6.15. The summed E-state index contributed by atoms with van der Waals surface area (Å²) in [5, 5.41) is 0. The van der Waals surface area contributed by atoms with Gasteiger partial charge in [-0.2, -0.15) is 0 Å². The molecule has 1 aromatic carbocycles. The minimum atomic E-state index is -0.145. The summed E-state index contributed by atoms with van der Waals surface area (Å²) >= 11 is 0. The van der Waals surface area contributed by atoms with Gasteiger partial charge in [0.15, 0.2) is 0 Å². The Labute approximate surface area is 170 Å². The average molecular weight is 392 g/mol. The Bertz CT molecular complexity index is 601. The minimum Gasteiger partial charge on any atom is -0.492 e. The lowest BCUT2D eigenvalue weighted by Crippen LogP contribution is -2.21. The lowest BCUT2D eigenvalue weighted by molar-refractivity contribution is 0.0320. The van der Waals surface area contributed by atoms with E-state index in [1.165, 1.54) is 30.4 Å². The zero-order valence-corrected chi connectivity index (χ0v) is 17.8. The number of allylic oxidation sites excluding steroid dienone is 1. The second-order valence-corrected chi connectivity index (χ2v) is 8.10. The number of rotatable bonds is 13. The van der Waals surface area contributed by atoms with E-state index in [4.69, 9.17) is 24.7 Å². The summed E-state index contributed by atoms with van der Waals surface area (Å²) in [7, 11) is 0. The third kappa shape index (κ3) is 9.09. The number of benzene rings is 1. The zero-order chi connectivity index (χ0) is 20.2. The van der Waals surface area contributed by atoms with E-state index in [0.717, 1.165) is 24.4 Å². The SMILES string of the molecule is CC(C)(C)OC(CCOCCc1cccc(OCCOCCN)c1)=C1CCC1. The Morgan fingerprint density at radius 3 is 2.46 bits per heavy atom. The van der Waals surface area contributed by atoms with Gasteiger partial charge in [-0.3, -0.25) is 0 Å². The molecule has 1 saturated carbocycles. The summed E-state index contributed by atoms with van der Waals surface area (Å²) in [6.07, 6.45) is 5.36. The fourth-order valence-corrected chi connectivity index (χ4v) is 2.95. The second kappa shape index (κ2) is 12.1. The summed E-state index contributed by atoms with van der Waals surface area (Å²) < 4.78 is 23.1. The van der Waals surface area contributed by atoms with E-state index >= 15 is 0 Å². The van der Waals surface area contributed by atoms with E-state index in [9.17, 15) is 0 Å². The fraction of sp³-hybridized carbons (Fsp3) is 0.652. The predicted octanol–water partition coefficient (Wildman–Crippen LogP) is 4.24. The monoisotopic (exact) mass is 391 g/mol. The Morgan fingerprint density at radius 1 is 1.00 bits per heavy atom. The van der Waals surface area contributed by atoms with Crippen LogP contribution >= 0.6 is 0 Å². The molecule has 0 spiro atoms. The van der Waals surface area contributed by atoms with Crippen LogP contribution in [0.25, 0.3) is 0 Å². The van der Waals surface area contributed by atoms with Gasteiger partial charge in [-0.25, -0.2) is 0 Å². The molecule has 5 nitrogen and oxygen atoms in total. The van der Waals surface area contributed by atoms with E-state index in [0.29, 0.717) is 39.6 Å². The molecule has 0 bridgehead atoms. The second-order valence-electron chi connectivity index (χ2n) is 8.10. The summed E-state index contributed by atoms with van der Waals surface area (Å²) in [6, 6.07) is 8.15. The van der Waals surface area contributed by atoms with Crippen molar-refractivity contribution in [3.05, 3.63) is 41.2 Å². The first-order chi connectivity index (χ1) is 13.5. The molecule has 1 aliphatic rings. The number of nitrogens with two attached hydrogens (primary N) is 1. The van der Waals surface area contributed by atoms with Crippen molar-refractivity contribution in [1.29, 1.82) is 0 Å². The standard InChI is InChI=1S/C23H37NO4/c1-23(2,3)28-22(20-7-5-8-20)11-14-25-13-10-19-6-4-9-21(18-19)27-17-16-26-15-12-24/h4,6,9,18H,5,7-8,10-17,24H2,1-3H3. The van der Waals surface area contributed by atoms with E-state index in [-0.39, 0.29) is 5.60 Å². The first-order valence-corrected chi connectivity index (χ1v) is 10.4. The molecule has 1 aromatic rings. The van der Waals surface area contributed by atoms with Crippen molar-refractivity contribution in [1.82, 2.24) is 0 Å². The summed E-state index contributed by atoms with van der Waals surface area (Å²) in [4.78, 5) is 0. The van der Waals surface area contributed by atoms with Crippen LogP contribution in [0.2, 0.25) is 0 Å². The van der Waals surface area contributed by atoms with Crippen LogP contribution in [0, 0.1) is 0 Å². The topological polar surface area (TPSA) is 62.9 Å². The Morgan fingerprint density at radius 2 is 1.79 bits per heavy atom. The lowest BCUT2D eigenvalue weighted by atomic mass is 9.90.